The minimum atomic E-state index is -0.296. The van der Waals surface area contributed by atoms with Crippen LogP contribution < -0.4 is 0 Å². The smallest absolute Gasteiger partial charge is 0.130 e. The fraction of sp³-hybridized carbons (Fsp3) is 0.286. The van der Waals surface area contributed by atoms with Crippen molar-refractivity contribution in [2.45, 2.75) is 19.8 Å². The van der Waals surface area contributed by atoms with Crippen LogP contribution in [0.25, 0.3) is 0 Å². The molecule has 0 aliphatic heterocycles. The molecule has 0 radical (unpaired) electrons. The van der Waals surface area contributed by atoms with Crippen molar-refractivity contribution in [3.8, 4) is 6.07 Å². The Balaban J connectivity index is 2.54. The molecule has 2 rings (SSSR count). The SMILES string of the molecule is Cc1ccc(C)c(C(C#N)c2nccn2C)c1. The summed E-state index contributed by atoms with van der Waals surface area (Å²) in [7, 11) is 1.91. The van der Waals surface area contributed by atoms with Gasteiger partial charge in [-0.05, 0) is 25.0 Å². The van der Waals surface area contributed by atoms with Crippen molar-refractivity contribution in [3.05, 3.63) is 53.1 Å². The van der Waals surface area contributed by atoms with Gasteiger partial charge in [-0.1, -0.05) is 23.8 Å². The van der Waals surface area contributed by atoms with Crippen LogP contribution in [0.15, 0.2) is 30.6 Å². The zero-order chi connectivity index (χ0) is 12.4. The highest BCUT2D eigenvalue weighted by Crippen LogP contribution is 2.26. The third kappa shape index (κ3) is 2.07. The summed E-state index contributed by atoms with van der Waals surface area (Å²) in [5, 5.41) is 9.39. The molecule has 0 saturated heterocycles. The van der Waals surface area contributed by atoms with E-state index >= 15 is 0 Å². The summed E-state index contributed by atoms with van der Waals surface area (Å²) in [6, 6.07) is 8.53. The molecule has 0 N–H and O–H groups in total. The highest BCUT2D eigenvalue weighted by molar-refractivity contribution is 5.40. The van der Waals surface area contributed by atoms with Gasteiger partial charge in [-0.2, -0.15) is 5.26 Å². The van der Waals surface area contributed by atoms with Crippen LogP contribution in [0.5, 0.6) is 0 Å². The first kappa shape index (κ1) is 11.4. The van der Waals surface area contributed by atoms with Crippen LogP contribution in [0.4, 0.5) is 0 Å². The van der Waals surface area contributed by atoms with Gasteiger partial charge in [-0.3, -0.25) is 0 Å². The molecule has 17 heavy (non-hydrogen) atoms. The van der Waals surface area contributed by atoms with Crippen molar-refractivity contribution in [1.29, 1.82) is 5.26 Å². The van der Waals surface area contributed by atoms with Crippen LogP contribution in [0.3, 0.4) is 0 Å². The van der Waals surface area contributed by atoms with Gasteiger partial charge in [0.15, 0.2) is 0 Å². The van der Waals surface area contributed by atoms with Crippen molar-refractivity contribution in [2.24, 2.45) is 7.05 Å². The minimum Gasteiger partial charge on any atom is -0.337 e. The maximum Gasteiger partial charge on any atom is 0.130 e. The molecule has 0 aliphatic rings. The Bertz CT molecular complexity index is 575. The van der Waals surface area contributed by atoms with Crippen LogP contribution in [-0.2, 0) is 7.05 Å². The number of hydrogen-bond acceptors (Lipinski definition) is 2. The lowest BCUT2D eigenvalue weighted by atomic mass is 9.93. The molecule has 1 heterocycles. The Hall–Kier alpha value is -2.08. The number of nitriles is 1. The zero-order valence-electron chi connectivity index (χ0n) is 10.3. The number of imidazole rings is 1. The summed E-state index contributed by atoms with van der Waals surface area (Å²) in [6.07, 6.45) is 3.59. The molecule has 0 amide bonds. The normalized spacial score (nSPS) is 12.1. The Morgan fingerprint density at radius 2 is 2.12 bits per heavy atom. The molecule has 2 aromatic rings. The van der Waals surface area contributed by atoms with Gasteiger partial charge in [0, 0.05) is 19.4 Å². The van der Waals surface area contributed by atoms with Crippen LogP contribution >= 0.6 is 0 Å². The molecule has 0 fully saturated rings. The predicted octanol–water partition coefficient (Wildman–Crippen LogP) is 2.69. The van der Waals surface area contributed by atoms with Gasteiger partial charge in [-0.25, -0.2) is 4.98 Å². The Kier molecular flexibility index (Phi) is 2.97. The number of benzene rings is 1. The van der Waals surface area contributed by atoms with Crippen molar-refractivity contribution in [2.75, 3.05) is 0 Å². The predicted molar refractivity (Wildman–Crippen MR) is 66.6 cm³/mol. The van der Waals surface area contributed by atoms with E-state index in [1.54, 1.807) is 6.20 Å². The summed E-state index contributed by atoms with van der Waals surface area (Å²) in [4.78, 5) is 4.27. The van der Waals surface area contributed by atoms with E-state index in [1.807, 2.05) is 31.7 Å². The van der Waals surface area contributed by atoms with Gasteiger partial charge >= 0.3 is 0 Å². The summed E-state index contributed by atoms with van der Waals surface area (Å²) < 4.78 is 1.90. The van der Waals surface area contributed by atoms with Gasteiger partial charge < -0.3 is 4.57 Å². The topological polar surface area (TPSA) is 41.6 Å². The second-order valence-corrected chi connectivity index (χ2v) is 4.32. The van der Waals surface area contributed by atoms with Crippen LogP contribution in [0.2, 0.25) is 0 Å². The van der Waals surface area contributed by atoms with E-state index in [0.717, 1.165) is 17.0 Å². The van der Waals surface area contributed by atoms with Crippen molar-refractivity contribution >= 4 is 0 Å². The Morgan fingerprint density at radius 3 is 2.71 bits per heavy atom. The lowest BCUT2D eigenvalue weighted by molar-refractivity contribution is 0.780. The fourth-order valence-electron chi connectivity index (χ4n) is 1.99. The molecule has 0 spiro atoms. The fourth-order valence-corrected chi connectivity index (χ4v) is 1.99. The van der Waals surface area contributed by atoms with Crippen LogP contribution in [0.1, 0.15) is 28.4 Å². The quantitative estimate of drug-likeness (QED) is 0.788. The van der Waals surface area contributed by atoms with Gasteiger partial charge in [0.1, 0.15) is 11.7 Å². The second kappa shape index (κ2) is 4.42. The highest BCUT2D eigenvalue weighted by atomic mass is 15.0. The minimum absolute atomic E-state index is 0.296. The number of aryl methyl sites for hydroxylation is 3. The van der Waals surface area contributed by atoms with Gasteiger partial charge in [0.05, 0.1) is 6.07 Å². The van der Waals surface area contributed by atoms with Crippen molar-refractivity contribution in [3.63, 3.8) is 0 Å². The zero-order valence-corrected chi connectivity index (χ0v) is 10.3. The number of aromatic nitrogens is 2. The molecule has 1 aromatic heterocycles. The van der Waals surface area contributed by atoms with Gasteiger partial charge in [0.25, 0.3) is 0 Å². The lowest BCUT2D eigenvalue weighted by Crippen LogP contribution is -2.07. The third-order valence-corrected chi connectivity index (χ3v) is 2.99. The molecule has 3 heteroatoms. The summed E-state index contributed by atoms with van der Waals surface area (Å²) in [5.41, 5.74) is 3.34. The van der Waals surface area contributed by atoms with E-state index in [0.29, 0.717) is 0 Å². The van der Waals surface area contributed by atoms with E-state index in [-0.39, 0.29) is 5.92 Å². The second-order valence-electron chi connectivity index (χ2n) is 4.32. The molecule has 1 unspecified atom stereocenters. The van der Waals surface area contributed by atoms with Crippen molar-refractivity contribution < 1.29 is 0 Å². The molecule has 3 nitrogen and oxygen atoms in total. The molecule has 1 atom stereocenters. The third-order valence-electron chi connectivity index (χ3n) is 2.99. The number of rotatable bonds is 2. The maximum absolute atomic E-state index is 9.39. The molecule has 86 valence electrons. The summed E-state index contributed by atoms with van der Waals surface area (Å²) in [6.45, 7) is 4.07. The Labute approximate surface area is 101 Å². The number of hydrogen-bond donors (Lipinski definition) is 0. The first-order chi connectivity index (χ1) is 8.13. The molecular weight excluding hydrogens is 210 g/mol. The first-order valence-corrected chi connectivity index (χ1v) is 5.57. The summed E-state index contributed by atoms with van der Waals surface area (Å²) >= 11 is 0. The van der Waals surface area contributed by atoms with E-state index in [9.17, 15) is 5.26 Å². The van der Waals surface area contributed by atoms with Crippen LogP contribution in [0, 0.1) is 25.2 Å². The average Bonchev–Trinajstić information content (AvgIpc) is 2.71. The molecule has 0 saturated carbocycles. The maximum atomic E-state index is 9.39. The highest BCUT2D eigenvalue weighted by Gasteiger charge is 2.19. The Morgan fingerprint density at radius 1 is 1.35 bits per heavy atom. The van der Waals surface area contributed by atoms with E-state index in [2.05, 4.69) is 29.3 Å². The molecular formula is C14H15N3. The number of nitrogens with zero attached hydrogens (tertiary/aromatic N) is 3. The van der Waals surface area contributed by atoms with Crippen molar-refractivity contribution in [1.82, 2.24) is 9.55 Å². The monoisotopic (exact) mass is 225 g/mol. The largest absolute Gasteiger partial charge is 0.337 e. The molecule has 0 bridgehead atoms. The summed E-state index contributed by atoms with van der Waals surface area (Å²) in [5.74, 6) is 0.496. The lowest BCUT2D eigenvalue weighted by Gasteiger charge is -2.13. The van der Waals surface area contributed by atoms with E-state index < -0.39 is 0 Å². The van der Waals surface area contributed by atoms with Gasteiger partial charge in [-0.15, -0.1) is 0 Å². The standard InChI is InChI=1S/C14H15N3/c1-10-4-5-11(2)12(8-10)13(9-15)14-16-6-7-17(14)3/h4-8,13H,1-3H3. The van der Waals surface area contributed by atoms with E-state index in [1.165, 1.54) is 5.56 Å². The molecule has 0 aliphatic carbocycles. The van der Waals surface area contributed by atoms with Gasteiger partial charge in [0.2, 0.25) is 0 Å². The van der Waals surface area contributed by atoms with Crippen LogP contribution in [-0.4, -0.2) is 9.55 Å². The molecule has 1 aromatic carbocycles. The first-order valence-electron chi connectivity index (χ1n) is 5.57. The average molecular weight is 225 g/mol. The van der Waals surface area contributed by atoms with E-state index in [4.69, 9.17) is 0 Å².